The van der Waals surface area contributed by atoms with E-state index in [0.717, 1.165) is 36.1 Å². The van der Waals surface area contributed by atoms with Gasteiger partial charge in [-0.05, 0) is 29.3 Å². The van der Waals surface area contributed by atoms with Crippen molar-refractivity contribution in [2.24, 2.45) is 0 Å². The van der Waals surface area contributed by atoms with Crippen LogP contribution in [0.15, 0.2) is 60.8 Å². The van der Waals surface area contributed by atoms with Crippen LogP contribution in [0.25, 0.3) is 10.9 Å². The predicted octanol–water partition coefficient (Wildman–Crippen LogP) is 3.72. The van der Waals surface area contributed by atoms with Crippen LogP contribution in [0, 0.1) is 0 Å². The Hall–Kier alpha value is -3.06. The summed E-state index contributed by atoms with van der Waals surface area (Å²) in [5.41, 5.74) is 3.00. The van der Waals surface area contributed by atoms with Gasteiger partial charge in [0, 0.05) is 44.3 Å². The molecule has 0 N–H and O–H groups in total. The molecule has 0 bridgehead atoms. The van der Waals surface area contributed by atoms with Gasteiger partial charge in [0.1, 0.15) is 5.75 Å². The van der Waals surface area contributed by atoms with E-state index < -0.39 is 6.61 Å². The fourth-order valence-corrected chi connectivity index (χ4v) is 3.77. The maximum absolute atomic E-state index is 12.6. The Kier molecular flexibility index (Phi) is 6.18. The molecule has 0 aliphatic carbocycles. The van der Waals surface area contributed by atoms with E-state index in [0.29, 0.717) is 13.1 Å². The van der Waals surface area contributed by atoms with Gasteiger partial charge in [0.15, 0.2) is 0 Å². The molecule has 1 aliphatic rings. The first kappa shape index (κ1) is 20.2. The van der Waals surface area contributed by atoms with E-state index in [1.54, 1.807) is 12.1 Å². The van der Waals surface area contributed by atoms with E-state index in [9.17, 15) is 13.6 Å². The van der Waals surface area contributed by atoms with Crippen molar-refractivity contribution in [2.45, 2.75) is 19.6 Å². The van der Waals surface area contributed by atoms with Gasteiger partial charge in [-0.25, -0.2) is 0 Å². The number of carbonyl (C=O) groups is 1. The third kappa shape index (κ3) is 4.91. The highest BCUT2D eigenvalue weighted by atomic mass is 19.3. The summed E-state index contributed by atoms with van der Waals surface area (Å²) < 4.78 is 28.8. The van der Waals surface area contributed by atoms with Crippen molar-refractivity contribution in [1.82, 2.24) is 14.8 Å². The molecule has 2 heterocycles. The van der Waals surface area contributed by atoms with Crippen molar-refractivity contribution >= 4 is 16.8 Å². The molecule has 0 spiro atoms. The number of aromatic nitrogens is 1. The van der Waals surface area contributed by atoms with Gasteiger partial charge in [0.25, 0.3) is 0 Å². The minimum Gasteiger partial charge on any atom is -0.435 e. The third-order valence-corrected chi connectivity index (χ3v) is 5.34. The molecule has 0 atom stereocenters. The fourth-order valence-electron chi connectivity index (χ4n) is 3.77. The summed E-state index contributed by atoms with van der Waals surface area (Å²) in [6, 6.07) is 16.5. The molecule has 0 unspecified atom stereocenters. The number of ether oxygens (including phenoxy) is 1. The molecule has 0 radical (unpaired) electrons. The molecule has 1 aromatic heterocycles. The number of piperazine rings is 1. The van der Waals surface area contributed by atoms with Crippen molar-refractivity contribution in [1.29, 1.82) is 0 Å². The highest BCUT2D eigenvalue weighted by molar-refractivity contribution is 5.81. The molecule has 7 heteroatoms. The number of hydrogen-bond acceptors (Lipinski definition) is 4. The predicted molar refractivity (Wildman–Crippen MR) is 110 cm³/mol. The Morgan fingerprint density at radius 2 is 1.73 bits per heavy atom. The van der Waals surface area contributed by atoms with Crippen molar-refractivity contribution in [2.75, 3.05) is 26.2 Å². The third-order valence-electron chi connectivity index (χ3n) is 5.34. The van der Waals surface area contributed by atoms with E-state index in [2.05, 4.69) is 38.9 Å². The lowest BCUT2D eigenvalue weighted by molar-refractivity contribution is -0.132. The van der Waals surface area contributed by atoms with Crippen molar-refractivity contribution < 1.29 is 18.3 Å². The fraction of sp³-hybridized carbons (Fsp3) is 0.304. The molecule has 2 aromatic carbocycles. The molecule has 0 saturated carbocycles. The van der Waals surface area contributed by atoms with Crippen LogP contribution in [0.2, 0.25) is 0 Å². The number of alkyl halides is 2. The molecule has 1 amide bonds. The monoisotopic (exact) mass is 411 g/mol. The molecule has 1 aliphatic heterocycles. The number of amides is 1. The largest absolute Gasteiger partial charge is 0.435 e. The summed E-state index contributed by atoms with van der Waals surface area (Å²) in [7, 11) is 0. The molecule has 1 fully saturated rings. The Morgan fingerprint density at radius 3 is 2.47 bits per heavy atom. The average molecular weight is 411 g/mol. The topological polar surface area (TPSA) is 45.7 Å². The van der Waals surface area contributed by atoms with E-state index in [1.165, 1.54) is 17.7 Å². The van der Waals surface area contributed by atoms with Crippen LogP contribution in [0.4, 0.5) is 8.78 Å². The lowest BCUT2D eigenvalue weighted by Gasteiger charge is -2.35. The second-order valence-electron chi connectivity index (χ2n) is 7.35. The molecule has 1 saturated heterocycles. The zero-order valence-electron chi connectivity index (χ0n) is 16.5. The van der Waals surface area contributed by atoms with Gasteiger partial charge in [-0.2, -0.15) is 8.78 Å². The van der Waals surface area contributed by atoms with Gasteiger partial charge in [0.05, 0.1) is 11.9 Å². The van der Waals surface area contributed by atoms with Crippen LogP contribution >= 0.6 is 0 Å². The number of hydrogen-bond donors (Lipinski definition) is 0. The van der Waals surface area contributed by atoms with Crippen molar-refractivity contribution in [3.05, 3.63) is 71.9 Å². The second-order valence-corrected chi connectivity index (χ2v) is 7.35. The Balaban J connectivity index is 1.30. The Morgan fingerprint density at radius 1 is 1.00 bits per heavy atom. The van der Waals surface area contributed by atoms with Gasteiger partial charge in [-0.1, -0.05) is 36.4 Å². The Labute approximate surface area is 173 Å². The molecular formula is C23H23F2N3O2. The SMILES string of the molecule is O=C(Cc1ccc(OC(F)F)cc1)N1CCN(Cc2cccc3cccnc23)CC1. The van der Waals surface area contributed by atoms with Gasteiger partial charge in [-0.3, -0.25) is 14.7 Å². The minimum absolute atomic E-state index is 0.0454. The molecule has 4 rings (SSSR count). The highest BCUT2D eigenvalue weighted by Crippen LogP contribution is 2.19. The van der Waals surface area contributed by atoms with Gasteiger partial charge in [-0.15, -0.1) is 0 Å². The van der Waals surface area contributed by atoms with Gasteiger partial charge >= 0.3 is 6.61 Å². The van der Waals surface area contributed by atoms with Gasteiger partial charge in [0.2, 0.25) is 5.91 Å². The van der Waals surface area contributed by atoms with E-state index in [4.69, 9.17) is 0 Å². The van der Waals surface area contributed by atoms with Crippen LogP contribution in [0.1, 0.15) is 11.1 Å². The zero-order valence-corrected chi connectivity index (χ0v) is 16.5. The first-order valence-corrected chi connectivity index (χ1v) is 9.95. The normalized spacial score (nSPS) is 15.0. The number of benzene rings is 2. The average Bonchev–Trinajstić information content (AvgIpc) is 2.75. The number of carbonyl (C=O) groups excluding carboxylic acids is 1. The first-order valence-electron chi connectivity index (χ1n) is 9.95. The molecular weight excluding hydrogens is 388 g/mol. The van der Waals surface area contributed by atoms with E-state index >= 15 is 0 Å². The smallest absolute Gasteiger partial charge is 0.387 e. The summed E-state index contributed by atoms with van der Waals surface area (Å²) in [5, 5.41) is 1.13. The quantitative estimate of drug-likeness (QED) is 0.620. The highest BCUT2D eigenvalue weighted by Gasteiger charge is 2.21. The summed E-state index contributed by atoms with van der Waals surface area (Å²) in [5.74, 6) is 0.141. The maximum atomic E-state index is 12.6. The second kappa shape index (κ2) is 9.17. The lowest BCUT2D eigenvalue weighted by Crippen LogP contribution is -2.48. The Bertz CT molecular complexity index is 998. The van der Waals surface area contributed by atoms with Crippen LogP contribution < -0.4 is 4.74 Å². The van der Waals surface area contributed by atoms with Crippen LogP contribution in [0.5, 0.6) is 5.75 Å². The van der Waals surface area contributed by atoms with Crippen molar-refractivity contribution in [3.63, 3.8) is 0 Å². The number of pyridine rings is 1. The van der Waals surface area contributed by atoms with E-state index in [-0.39, 0.29) is 18.1 Å². The molecule has 156 valence electrons. The maximum Gasteiger partial charge on any atom is 0.387 e. The summed E-state index contributed by atoms with van der Waals surface area (Å²) >= 11 is 0. The summed E-state index contributed by atoms with van der Waals surface area (Å²) in [4.78, 5) is 21.3. The summed E-state index contributed by atoms with van der Waals surface area (Å²) in [6.45, 7) is 0.903. The standard InChI is InChI=1S/C23H23F2N3O2/c24-23(25)30-20-8-6-17(7-9-20)15-21(29)28-13-11-27(12-14-28)16-19-4-1-3-18-5-2-10-26-22(18)19/h1-10,23H,11-16H2. The zero-order chi connectivity index (χ0) is 20.9. The lowest BCUT2D eigenvalue weighted by atomic mass is 10.1. The number of halogens is 2. The van der Waals surface area contributed by atoms with Gasteiger partial charge < -0.3 is 9.64 Å². The number of rotatable bonds is 6. The number of nitrogens with zero attached hydrogens (tertiary/aromatic N) is 3. The van der Waals surface area contributed by atoms with E-state index in [1.807, 2.05) is 17.2 Å². The van der Waals surface area contributed by atoms with Crippen molar-refractivity contribution in [3.8, 4) is 5.75 Å². The number of fused-ring (bicyclic) bond motifs is 1. The summed E-state index contributed by atoms with van der Waals surface area (Å²) in [6.07, 6.45) is 2.07. The van der Waals surface area contributed by atoms with Crippen LogP contribution in [-0.4, -0.2) is 53.5 Å². The first-order chi connectivity index (χ1) is 14.6. The molecule has 3 aromatic rings. The minimum atomic E-state index is -2.85. The number of para-hydroxylation sites is 1. The molecule has 30 heavy (non-hydrogen) atoms. The van der Waals surface area contributed by atoms with Crippen LogP contribution in [0.3, 0.4) is 0 Å². The molecule has 5 nitrogen and oxygen atoms in total. The van der Waals surface area contributed by atoms with Crippen LogP contribution in [-0.2, 0) is 17.8 Å².